The predicted molar refractivity (Wildman–Crippen MR) is 132 cm³/mol. The van der Waals surface area contributed by atoms with Gasteiger partial charge in [-0.05, 0) is 49.2 Å². The molecule has 1 N–H and O–H groups in total. The molecular formula is C28H23N3O3. The zero-order valence-corrected chi connectivity index (χ0v) is 18.9. The second-order valence-corrected chi connectivity index (χ2v) is 8.51. The first-order valence-electron chi connectivity index (χ1n) is 11.0. The van der Waals surface area contributed by atoms with Gasteiger partial charge in [-0.2, -0.15) is 0 Å². The number of nitrogens with one attached hydrogen (secondary N) is 1. The monoisotopic (exact) mass is 449 g/mol. The summed E-state index contributed by atoms with van der Waals surface area (Å²) in [4.78, 5) is 39.5. The SMILES string of the molecule is Cc1ccc(Cn2cc(/C=C3\C(=O)NC(=O)N(c4cccc(C)c4)C3=O)c3ccccc32)cc1. The fraction of sp³-hybridized carbons (Fsp3) is 0.107. The molecule has 1 aliphatic heterocycles. The number of carbonyl (C=O) groups excluding carboxylic acids is 3. The predicted octanol–water partition coefficient (Wildman–Crippen LogP) is 4.97. The summed E-state index contributed by atoms with van der Waals surface area (Å²) >= 11 is 0. The molecule has 2 heterocycles. The van der Waals surface area contributed by atoms with Gasteiger partial charge in [0.15, 0.2) is 0 Å². The number of barbiturate groups is 1. The summed E-state index contributed by atoms with van der Waals surface area (Å²) in [7, 11) is 0. The smallest absolute Gasteiger partial charge is 0.335 e. The Hall–Kier alpha value is -4.45. The van der Waals surface area contributed by atoms with Crippen molar-refractivity contribution in [1.82, 2.24) is 9.88 Å². The van der Waals surface area contributed by atoms with Crippen LogP contribution in [0.5, 0.6) is 0 Å². The maximum absolute atomic E-state index is 13.3. The van der Waals surface area contributed by atoms with Gasteiger partial charge in [-0.1, -0.05) is 60.2 Å². The van der Waals surface area contributed by atoms with Gasteiger partial charge in [0.1, 0.15) is 5.57 Å². The first kappa shape index (κ1) is 21.4. The number of anilines is 1. The van der Waals surface area contributed by atoms with Crippen molar-refractivity contribution in [2.24, 2.45) is 0 Å². The lowest BCUT2D eigenvalue weighted by molar-refractivity contribution is -0.122. The number of rotatable bonds is 4. The summed E-state index contributed by atoms with van der Waals surface area (Å²) in [6.45, 7) is 4.58. The average Bonchev–Trinajstić information content (AvgIpc) is 3.15. The van der Waals surface area contributed by atoms with Crippen LogP contribution in [0.15, 0.2) is 84.6 Å². The Bertz CT molecular complexity index is 1480. The molecular weight excluding hydrogens is 426 g/mol. The molecule has 0 spiro atoms. The van der Waals surface area contributed by atoms with Gasteiger partial charge >= 0.3 is 6.03 Å². The van der Waals surface area contributed by atoms with Gasteiger partial charge in [-0.3, -0.25) is 14.9 Å². The van der Waals surface area contributed by atoms with E-state index in [4.69, 9.17) is 0 Å². The number of fused-ring (bicyclic) bond motifs is 1. The van der Waals surface area contributed by atoms with Crippen LogP contribution in [0.2, 0.25) is 0 Å². The molecule has 1 saturated heterocycles. The van der Waals surface area contributed by atoms with Crippen molar-refractivity contribution < 1.29 is 14.4 Å². The fourth-order valence-electron chi connectivity index (χ4n) is 4.23. The Kier molecular flexibility index (Phi) is 5.34. The third-order valence-electron chi connectivity index (χ3n) is 5.95. The number of amides is 4. The highest BCUT2D eigenvalue weighted by molar-refractivity contribution is 6.39. The van der Waals surface area contributed by atoms with Crippen molar-refractivity contribution in [3.05, 3.63) is 107 Å². The number of aromatic nitrogens is 1. The standard InChI is InChI=1S/C28H23N3O3/c1-18-10-12-20(13-11-18)16-30-17-21(23-8-3-4-9-25(23)30)15-24-26(32)29-28(34)31(27(24)33)22-7-5-6-19(2)14-22/h3-15,17H,16H2,1-2H3,(H,29,32,34)/b24-15+. The third-order valence-corrected chi connectivity index (χ3v) is 5.95. The third kappa shape index (κ3) is 3.90. The summed E-state index contributed by atoms with van der Waals surface area (Å²) in [5, 5.41) is 3.22. The number of aryl methyl sites for hydroxylation is 2. The van der Waals surface area contributed by atoms with E-state index in [9.17, 15) is 14.4 Å². The Morgan fingerprint density at radius 2 is 1.62 bits per heavy atom. The Balaban J connectivity index is 1.56. The average molecular weight is 450 g/mol. The lowest BCUT2D eigenvalue weighted by Gasteiger charge is -2.26. The lowest BCUT2D eigenvalue weighted by Crippen LogP contribution is -2.54. The van der Waals surface area contributed by atoms with Crippen LogP contribution in [-0.4, -0.2) is 22.4 Å². The van der Waals surface area contributed by atoms with Crippen LogP contribution in [0.1, 0.15) is 22.3 Å². The molecule has 3 aromatic carbocycles. The van der Waals surface area contributed by atoms with Gasteiger partial charge < -0.3 is 4.57 Å². The Morgan fingerprint density at radius 3 is 2.38 bits per heavy atom. The maximum atomic E-state index is 13.3. The van der Waals surface area contributed by atoms with Gasteiger partial charge in [-0.25, -0.2) is 9.69 Å². The zero-order chi connectivity index (χ0) is 23.8. The van der Waals surface area contributed by atoms with Gasteiger partial charge in [0.2, 0.25) is 0 Å². The first-order valence-corrected chi connectivity index (χ1v) is 11.0. The Morgan fingerprint density at radius 1 is 0.853 bits per heavy atom. The van der Waals surface area contributed by atoms with Crippen molar-refractivity contribution in [2.45, 2.75) is 20.4 Å². The van der Waals surface area contributed by atoms with Crippen molar-refractivity contribution >= 4 is 40.5 Å². The molecule has 0 unspecified atom stereocenters. The number of hydrogen-bond donors (Lipinski definition) is 1. The van der Waals surface area contributed by atoms with Crippen LogP contribution < -0.4 is 10.2 Å². The second-order valence-electron chi connectivity index (χ2n) is 8.51. The van der Waals surface area contributed by atoms with Gasteiger partial charge in [0, 0.05) is 29.2 Å². The van der Waals surface area contributed by atoms with E-state index in [0.29, 0.717) is 12.2 Å². The Labute approximate surface area is 197 Å². The number of urea groups is 1. The topological polar surface area (TPSA) is 71.4 Å². The van der Waals surface area contributed by atoms with E-state index >= 15 is 0 Å². The number of nitrogens with zero attached hydrogens (tertiary/aromatic N) is 2. The minimum Gasteiger partial charge on any atom is -0.342 e. The highest BCUT2D eigenvalue weighted by Crippen LogP contribution is 2.27. The highest BCUT2D eigenvalue weighted by Gasteiger charge is 2.37. The van der Waals surface area contributed by atoms with Crippen molar-refractivity contribution in [3.63, 3.8) is 0 Å². The van der Waals surface area contributed by atoms with Crippen LogP contribution in [0.25, 0.3) is 17.0 Å². The molecule has 1 fully saturated rings. The lowest BCUT2D eigenvalue weighted by atomic mass is 10.1. The second kappa shape index (κ2) is 8.48. The molecule has 0 aliphatic carbocycles. The van der Waals surface area contributed by atoms with Crippen LogP contribution >= 0.6 is 0 Å². The number of benzene rings is 3. The number of hydrogen-bond acceptors (Lipinski definition) is 3. The van der Waals surface area contributed by atoms with Gasteiger partial charge in [-0.15, -0.1) is 0 Å². The van der Waals surface area contributed by atoms with E-state index in [1.165, 1.54) is 5.56 Å². The largest absolute Gasteiger partial charge is 0.342 e. The van der Waals surface area contributed by atoms with E-state index in [-0.39, 0.29) is 5.57 Å². The van der Waals surface area contributed by atoms with E-state index in [2.05, 4.69) is 41.1 Å². The molecule has 0 atom stereocenters. The van der Waals surface area contributed by atoms with Crippen LogP contribution in [0, 0.1) is 13.8 Å². The molecule has 6 nitrogen and oxygen atoms in total. The molecule has 4 amide bonds. The van der Waals surface area contributed by atoms with Crippen molar-refractivity contribution in [2.75, 3.05) is 4.90 Å². The molecule has 1 aromatic heterocycles. The molecule has 6 heteroatoms. The summed E-state index contributed by atoms with van der Waals surface area (Å²) in [5.41, 5.74) is 5.31. The number of carbonyl (C=O) groups is 3. The minimum atomic E-state index is -0.750. The first-order chi connectivity index (χ1) is 16.4. The van der Waals surface area contributed by atoms with E-state index < -0.39 is 17.8 Å². The highest BCUT2D eigenvalue weighted by atomic mass is 16.2. The molecule has 5 rings (SSSR count). The van der Waals surface area contributed by atoms with Crippen LogP contribution in [0.4, 0.5) is 10.5 Å². The summed E-state index contributed by atoms with van der Waals surface area (Å²) in [6, 6.07) is 22.5. The minimum absolute atomic E-state index is 0.0839. The van der Waals surface area contributed by atoms with Crippen molar-refractivity contribution in [1.29, 1.82) is 0 Å². The number of para-hydroxylation sites is 1. The quantitative estimate of drug-likeness (QED) is 0.353. The zero-order valence-electron chi connectivity index (χ0n) is 18.9. The molecule has 168 valence electrons. The molecule has 0 saturated carbocycles. The fourth-order valence-corrected chi connectivity index (χ4v) is 4.23. The van der Waals surface area contributed by atoms with E-state index in [1.807, 2.05) is 43.5 Å². The molecule has 0 bridgehead atoms. The van der Waals surface area contributed by atoms with E-state index in [1.54, 1.807) is 24.3 Å². The molecule has 4 aromatic rings. The van der Waals surface area contributed by atoms with Gasteiger partial charge in [0.25, 0.3) is 11.8 Å². The molecule has 1 aliphatic rings. The molecule has 34 heavy (non-hydrogen) atoms. The van der Waals surface area contributed by atoms with Crippen LogP contribution in [-0.2, 0) is 16.1 Å². The maximum Gasteiger partial charge on any atom is 0.335 e. The summed E-state index contributed by atoms with van der Waals surface area (Å²) < 4.78 is 2.10. The van der Waals surface area contributed by atoms with E-state index in [0.717, 1.165) is 32.5 Å². The summed E-state index contributed by atoms with van der Waals surface area (Å²) in [6.07, 6.45) is 3.51. The molecule has 0 radical (unpaired) electrons. The number of imide groups is 2. The summed E-state index contributed by atoms with van der Waals surface area (Å²) in [5.74, 6) is -1.34. The van der Waals surface area contributed by atoms with Crippen LogP contribution in [0.3, 0.4) is 0 Å². The van der Waals surface area contributed by atoms with Crippen molar-refractivity contribution in [3.8, 4) is 0 Å². The normalized spacial score (nSPS) is 15.3. The van der Waals surface area contributed by atoms with Gasteiger partial charge in [0.05, 0.1) is 5.69 Å².